The van der Waals surface area contributed by atoms with E-state index >= 15 is 0 Å². The third-order valence-corrected chi connectivity index (χ3v) is 7.75. The van der Waals surface area contributed by atoms with Gasteiger partial charge in [0.1, 0.15) is 12.7 Å². The largest absolute Gasteiger partial charge is 0.493 e. The molecule has 2 aromatic carbocycles. The zero-order chi connectivity index (χ0) is 28.2. The molecule has 9 nitrogen and oxygen atoms in total. The van der Waals surface area contributed by atoms with Crippen LogP contribution in [0.3, 0.4) is 0 Å². The third kappa shape index (κ3) is 5.82. The molecule has 1 aromatic heterocycles. The zero-order valence-electron chi connectivity index (χ0n) is 22.5. The summed E-state index contributed by atoms with van der Waals surface area (Å²) in [5, 5.41) is 9.44. The number of likely N-dealkylation sites (tertiary alicyclic amines) is 1. The van der Waals surface area contributed by atoms with Gasteiger partial charge in [-0.1, -0.05) is 23.7 Å². The van der Waals surface area contributed by atoms with Crippen molar-refractivity contribution in [2.45, 2.75) is 44.0 Å². The summed E-state index contributed by atoms with van der Waals surface area (Å²) in [6, 6.07) is 15.4. The van der Waals surface area contributed by atoms with Crippen LogP contribution in [0.5, 0.6) is 11.5 Å². The van der Waals surface area contributed by atoms with E-state index in [4.69, 9.17) is 35.7 Å². The molecular formula is C30H33ClN2O7. The molecular weight excluding hydrogens is 536 g/mol. The number of aliphatic carboxylic acids is 1. The number of ether oxygens (including phenoxy) is 4. The average Bonchev–Trinajstić information content (AvgIpc) is 3.41. The fourth-order valence-electron chi connectivity index (χ4n) is 5.59. The third-order valence-electron chi connectivity index (χ3n) is 7.52. The van der Waals surface area contributed by atoms with Crippen LogP contribution in [0.15, 0.2) is 54.7 Å². The Morgan fingerprint density at radius 1 is 1.05 bits per heavy atom. The molecule has 0 unspecified atom stereocenters. The van der Waals surface area contributed by atoms with Gasteiger partial charge < -0.3 is 33.5 Å². The topological polar surface area (TPSA) is 99.5 Å². The molecule has 0 radical (unpaired) electrons. The van der Waals surface area contributed by atoms with Crippen LogP contribution >= 0.6 is 11.6 Å². The Morgan fingerprint density at radius 3 is 2.58 bits per heavy atom. The van der Waals surface area contributed by atoms with Crippen LogP contribution in [0.1, 0.15) is 54.7 Å². The molecule has 5 rings (SSSR count). The number of benzene rings is 2. The number of carbonyl (C=O) groups excluding carboxylic acids is 1. The minimum absolute atomic E-state index is 0.0405. The van der Waals surface area contributed by atoms with Crippen molar-refractivity contribution in [3.63, 3.8) is 0 Å². The number of aromatic nitrogens is 1. The predicted molar refractivity (Wildman–Crippen MR) is 148 cm³/mol. The predicted octanol–water partition coefficient (Wildman–Crippen LogP) is 5.18. The van der Waals surface area contributed by atoms with Crippen molar-refractivity contribution in [3.8, 4) is 17.2 Å². The molecule has 1 fully saturated rings. The molecule has 212 valence electrons. The summed E-state index contributed by atoms with van der Waals surface area (Å²) in [6.45, 7) is 0.765. The maximum Gasteiger partial charge on any atom is 0.329 e. The van der Waals surface area contributed by atoms with Crippen molar-refractivity contribution in [3.05, 3.63) is 76.6 Å². The molecule has 1 N–H and O–H groups in total. The average molecular weight is 569 g/mol. The van der Waals surface area contributed by atoms with Crippen molar-refractivity contribution in [1.29, 1.82) is 0 Å². The minimum atomic E-state index is -0.985. The number of nitrogens with zero attached hydrogens (tertiary/aromatic N) is 2. The van der Waals surface area contributed by atoms with Crippen molar-refractivity contribution in [2.24, 2.45) is 0 Å². The van der Waals surface area contributed by atoms with E-state index in [2.05, 4.69) is 4.57 Å². The number of methoxy groups -OCH3 is 2. The monoisotopic (exact) mass is 568 g/mol. The first-order valence-corrected chi connectivity index (χ1v) is 13.7. The Labute approximate surface area is 238 Å². The molecule has 10 heteroatoms. The SMILES string of the molecule is COc1cccc([C@H]2O[C@H](CCC(=O)N3CCC(OCC(=O)O)CC3)c3cccn3-c3ccc(Cl)cc32)c1OC. The van der Waals surface area contributed by atoms with Crippen LogP contribution in [-0.2, 0) is 19.1 Å². The molecule has 0 spiro atoms. The lowest BCUT2D eigenvalue weighted by atomic mass is 9.98. The number of amides is 1. The van der Waals surface area contributed by atoms with Crippen LogP contribution in [-0.4, -0.2) is 66.5 Å². The van der Waals surface area contributed by atoms with Gasteiger partial charge in [0.25, 0.3) is 0 Å². The van der Waals surface area contributed by atoms with E-state index in [0.29, 0.717) is 55.3 Å². The van der Waals surface area contributed by atoms with Gasteiger partial charge in [-0.05, 0) is 55.7 Å². The number of hydrogen-bond acceptors (Lipinski definition) is 6. The first-order valence-electron chi connectivity index (χ1n) is 13.3. The van der Waals surface area contributed by atoms with Gasteiger partial charge in [0.2, 0.25) is 5.91 Å². The quantitative estimate of drug-likeness (QED) is 0.379. The summed E-state index contributed by atoms with van der Waals surface area (Å²) in [6.07, 6.45) is 2.96. The lowest BCUT2D eigenvalue weighted by molar-refractivity contribution is -0.147. The Morgan fingerprint density at radius 2 is 1.85 bits per heavy atom. The Kier molecular flexibility index (Phi) is 8.63. The second-order valence-electron chi connectivity index (χ2n) is 9.92. The molecule has 3 heterocycles. The van der Waals surface area contributed by atoms with Gasteiger partial charge in [-0.3, -0.25) is 4.79 Å². The van der Waals surface area contributed by atoms with E-state index in [-0.39, 0.29) is 24.7 Å². The van der Waals surface area contributed by atoms with Crippen molar-refractivity contribution in [1.82, 2.24) is 9.47 Å². The fraction of sp³-hybridized carbons (Fsp3) is 0.400. The summed E-state index contributed by atoms with van der Waals surface area (Å²) in [5.74, 6) is 0.230. The highest BCUT2D eigenvalue weighted by atomic mass is 35.5. The number of hydrogen-bond donors (Lipinski definition) is 1. The Bertz CT molecular complexity index is 1370. The Balaban J connectivity index is 1.39. The summed E-state index contributed by atoms with van der Waals surface area (Å²) in [5.41, 5.74) is 3.57. The van der Waals surface area contributed by atoms with Crippen molar-refractivity contribution >= 4 is 23.5 Å². The molecule has 1 saturated heterocycles. The highest BCUT2D eigenvalue weighted by molar-refractivity contribution is 6.30. The van der Waals surface area contributed by atoms with Crippen LogP contribution in [0, 0.1) is 0 Å². The van der Waals surface area contributed by atoms with Crippen molar-refractivity contribution < 1.29 is 33.6 Å². The van der Waals surface area contributed by atoms with Gasteiger partial charge in [0.05, 0.1) is 37.8 Å². The molecule has 0 bridgehead atoms. The number of rotatable bonds is 9. The first-order chi connectivity index (χ1) is 19.4. The van der Waals surface area contributed by atoms with Gasteiger partial charge in [0.15, 0.2) is 11.5 Å². The number of carbonyl (C=O) groups is 2. The van der Waals surface area contributed by atoms with E-state index in [1.54, 1.807) is 14.2 Å². The number of halogens is 1. The van der Waals surface area contributed by atoms with E-state index < -0.39 is 12.1 Å². The summed E-state index contributed by atoms with van der Waals surface area (Å²) in [4.78, 5) is 25.8. The van der Waals surface area contributed by atoms with E-state index in [1.165, 1.54) is 0 Å². The molecule has 2 atom stereocenters. The smallest absolute Gasteiger partial charge is 0.329 e. The van der Waals surface area contributed by atoms with Crippen molar-refractivity contribution in [2.75, 3.05) is 33.9 Å². The summed E-state index contributed by atoms with van der Waals surface area (Å²) >= 11 is 6.48. The number of carboxylic acids is 1. The molecule has 40 heavy (non-hydrogen) atoms. The second-order valence-corrected chi connectivity index (χ2v) is 10.4. The molecule has 2 aliphatic rings. The van der Waals surface area contributed by atoms with Crippen LogP contribution < -0.4 is 9.47 Å². The van der Waals surface area contributed by atoms with Gasteiger partial charge in [-0.2, -0.15) is 0 Å². The summed E-state index contributed by atoms with van der Waals surface area (Å²) in [7, 11) is 3.20. The molecule has 1 amide bonds. The molecule has 3 aromatic rings. The van der Waals surface area contributed by atoms with Gasteiger partial charge in [0, 0.05) is 41.9 Å². The fourth-order valence-corrected chi connectivity index (χ4v) is 5.77. The van der Waals surface area contributed by atoms with Gasteiger partial charge in [-0.15, -0.1) is 0 Å². The second kappa shape index (κ2) is 12.3. The lowest BCUT2D eigenvalue weighted by Crippen LogP contribution is -2.41. The molecule has 0 saturated carbocycles. The molecule has 0 aliphatic carbocycles. The highest BCUT2D eigenvalue weighted by Crippen LogP contribution is 2.46. The Hall–Kier alpha value is -3.53. The van der Waals surface area contributed by atoms with E-state index in [0.717, 1.165) is 22.5 Å². The lowest BCUT2D eigenvalue weighted by Gasteiger charge is -2.32. The van der Waals surface area contributed by atoms with Crippen LogP contribution in [0.2, 0.25) is 5.02 Å². The number of carboxylic acid groups (broad SMARTS) is 1. The van der Waals surface area contributed by atoms with Crippen LogP contribution in [0.25, 0.3) is 5.69 Å². The number of para-hydroxylation sites is 1. The minimum Gasteiger partial charge on any atom is -0.493 e. The highest BCUT2D eigenvalue weighted by Gasteiger charge is 2.33. The normalized spacial score (nSPS) is 18.9. The number of piperidine rings is 1. The maximum atomic E-state index is 13.2. The molecule has 2 aliphatic heterocycles. The van der Waals surface area contributed by atoms with Gasteiger partial charge >= 0.3 is 5.97 Å². The van der Waals surface area contributed by atoms with E-state index in [1.807, 2.05) is 59.6 Å². The maximum absolute atomic E-state index is 13.2. The standard InChI is InChI=1S/C30H33ClN2O7/c1-37-26-7-3-5-21(30(26)38-2)29-22-17-19(31)8-9-23(22)33-14-4-6-24(33)25(40-29)10-11-27(34)32-15-12-20(13-16-32)39-18-28(35)36/h3-9,14,17,20,25,29H,10-13,15-16,18H2,1-2H3,(H,35,36)/t25-,29-/m1/s1. The summed E-state index contributed by atoms with van der Waals surface area (Å²) < 4.78 is 25.7. The van der Waals surface area contributed by atoms with Crippen LogP contribution in [0.4, 0.5) is 0 Å². The zero-order valence-corrected chi connectivity index (χ0v) is 23.3. The number of fused-ring (bicyclic) bond motifs is 3. The first kappa shape index (κ1) is 28.0. The van der Waals surface area contributed by atoms with E-state index in [9.17, 15) is 9.59 Å². The van der Waals surface area contributed by atoms with Gasteiger partial charge in [-0.25, -0.2) is 4.79 Å².